The number of aliphatic imine (C=N–C) groups is 1. The first-order chi connectivity index (χ1) is 21.1. The van der Waals surface area contributed by atoms with Crippen LogP contribution in [0.4, 0.5) is 5.69 Å². The fourth-order valence-electron chi connectivity index (χ4n) is 3.33. The predicted molar refractivity (Wildman–Crippen MR) is 180 cm³/mol. The SMILES string of the molecule is C=C(C)ON=C(C)C.C=C/C(=C\C=C(C)C)OC1=NCNc2c1cc(OC)c(OCCCOC1COC1)c2C.CC.CC=O. The van der Waals surface area contributed by atoms with Crippen LogP contribution in [-0.2, 0) is 23.8 Å². The molecular formula is C34H53N3O7. The summed E-state index contributed by atoms with van der Waals surface area (Å²) in [5, 5.41) is 6.97. The molecule has 10 nitrogen and oxygen atoms in total. The molecule has 0 spiro atoms. The summed E-state index contributed by atoms with van der Waals surface area (Å²) in [5.74, 6) is 3.11. The highest BCUT2D eigenvalue weighted by molar-refractivity contribution is 6.03. The van der Waals surface area contributed by atoms with E-state index in [4.69, 9.17) is 33.3 Å². The number of methoxy groups -OCH3 is 1. The third-order valence-electron chi connectivity index (χ3n) is 5.29. The number of rotatable bonds is 12. The number of hydrogen-bond acceptors (Lipinski definition) is 10. The van der Waals surface area contributed by atoms with Crippen molar-refractivity contribution in [2.24, 2.45) is 10.1 Å². The van der Waals surface area contributed by atoms with E-state index < -0.39 is 0 Å². The van der Waals surface area contributed by atoms with Crippen LogP contribution in [0.15, 0.2) is 64.7 Å². The van der Waals surface area contributed by atoms with E-state index in [1.807, 2.05) is 66.7 Å². The number of nitrogens with one attached hydrogen (secondary N) is 1. The molecule has 0 bridgehead atoms. The maximum atomic E-state index is 8.81. The van der Waals surface area contributed by atoms with Crippen LogP contribution in [0.3, 0.4) is 0 Å². The van der Waals surface area contributed by atoms with Gasteiger partial charge in [0.25, 0.3) is 0 Å². The quantitative estimate of drug-likeness (QED) is 0.0642. The maximum Gasteiger partial charge on any atom is 0.226 e. The monoisotopic (exact) mass is 615 g/mol. The smallest absolute Gasteiger partial charge is 0.226 e. The van der Waals surface area contributed by atoms with Crippen molar-refractivity contribution < 1.29 is 33.3 Å². The van der Waals surface area contributed by atoms with Crippen LogP contribution in [0.5, 0.6) is 11.5 Å². The van der Waals surface area contributed by atoms with Gasteiger partial charge in [-0.3, -0.25) is 0 Å². The molecule has 246 valence electrons. The van der Waals surface area contributed by atoms with Gasteiger partial charge in [-0.1, -0.05) is 43.8 Å². The summed E-state index contributed by atoms with van der Waals surface area (Å²) < 4.78 is 28.5. The number of fused-ring (bicyclic) bond motifs is 1. The molecule has 2 aliphatic rings. The van der Waals surface area contributed by atoms with Crippen molar-refractivity contribution in [2.75, 3.05) is 45.5 Å². The summed E-state index contributed by atoms with van der Waals surface area (Å²) in [7, 11) is 1.63. The molecule has 0 aromatic heterocycles. The van der Waals surface area contributed by atoms with Gasteiger partial charge in [0.2, 0.25) is 5.90 Å². The van der Waals surface area contributed by atoms with Crippen LogP contribution >= 0.6 is 0 Å². The lowest BCUT2D eigenvalue weighted by Crippen LogP contribution is -2.36. The first-order valence-electron chi connectivity index (χ1n) is 14.8. The molecule has 1 saturated heterocycles. The second-order valence-corrected chi connectivity index (χ2v) is 9.67. The average molecular weight is 616 g/mol. The second-order valence-electron chi connectivity index (χ2n) is 9.67. The number of nitrogens with zero attached hydrogens (tertiary/aromatic N) is 2. The van der Waals surface area contributed by atoms with E-state index in [0.29, 0.717) is 62.0 Å². The lowest BCUT2D eigenvalue weighted by molar-refractivity contribution is -0.130. The number of benzene rings is 1. The van der Waals surface area contributed by atoms with E-state index in [0.717, 1.165) is 35.2 Å². The van der Waals surface area contributed by atoms with Crippen molar-refractivity contribution in [1.82, 2.24) is 0 Å². The van der Waals surface area contributed by atoms with Gasteiger partial charge in [0.05, 0.1) is 50.5 Å². The molecule has 0 atom stereocenters. The fraction of sp³-hybridized carbons (Fsp3) is 0.500. The molecule has 0 amide bonds. The van der Waals surface area contributed by atoms with Crippen molar-refractivity contribution >= 4 is 23.6 Å². The Morgan fingerprint density at radius 2 is 1.82 bits per heavy atom. The Morgan fingerprint density at radius 1 is 1.16 bits per heavy atom. The highest BCUT2D eigenvalue weighted by Crippen LogP contribution is 2.40. The summed E-state index contributed by atoms with van der Waals surface area (Å²) in [6.07, 6.45) is 7.30. The summed E-state index contributed by atoms with van der Waals surface area (Å²) in [4.78, 5) is 18.0. The van der Waals surface area contributed by atoms with Crippen LogP contribution in [0, 0.1) is 6.92 Å². The van der Waals surface area contributed by atoms with Gasteiger partial charge in [0.15, 0.2) is 11.5 Å². The molecule has 10 heteroatoms. The van der Waals surface area contributed by atoms with Gasteiger partial charge >= 0.3 is 0 Å². The third-order valence-corrected chi connectivity index (χ3v) is 5.29. The first-order valence-corrected chi connectivity index (χ1v) is 14.8. The van der Waals surface area contributed by atoms with Crippen LogP contribution in [0.2, 0.25) is 0 Å². The maximum absolute atomic E-state index is 8.81. The van der Waals surface area contributed by atoms with Gasteiger partial charge < -0.3 is 38.6 Å². The molecule has 0 radical (unpaired) electrons. The molecule has 1 fully saturated rings. The van der Waals surface area contributed by atoms with E-state index in [1.54, 1.807) is 20.1 Å². The molecule has 0 saturated carbocycles. The number of anilines is 1. The van der Waals surface area contributed by atoms with Gasteiger partial charge in [-0.15, -0.1) is 0 Å². The number of ether oxygens (including phenoxy) is 5. The molecule has 44 heavy (non-hydrogen) atoms. The fourth-order valence-corrected chi connectivity index (χ4v) is 3.33. The second kappa shape index (κ2) is 23.6. The van der Waals surface area contributed by atoms with Gasteiger partial charge in [-0.25, -0.2) is 4.99 Å². The summed E-state index contributed by atoms with van der Waals surface area (Å²) in [5.41, 5.74) is 4.77. The number of hydrogen-bond donors (Lipinski definition) is 1. The van der Waals surface area contributed by atoms with E-state index in [1.165, 1.54) is 12.5 Å². The number of carbonyl (C=O) groups is 1. The Bertz CT molecular complexity index is 1160. The number of allylic oxidation sites excluding steroid dienone is 5. The largest absolute Gasteiger partial charge is 0.493 e. The van der Waals surface area contributed by atoms with Crippen LogP contribution in [0.25, 0.3) is 0 Å². The van der Waals surface area contributed by atoms with Crippen LogP contribution < -0.4 is 14.8 Å². The molecule has 3 rings (SSSR count). The average Bonchev–Trinajstić information content (AvgIpc) is 2.97. The van der Waals surface area contributed by atoms with Crippen molar-refractivity contribution in [3.05, 3.63) is 65.7 Å². The molecule has 2 aliphatic heterocycles. The number of oxime groups is 1. The Hall–Kier alpha value is -3.89. The zero-order valence-corrected chi connectivity index (χ0v) is 28.4. The topological polar surface area (TPSA) is 109 Å². The Balaban J connectivity index is 0.00000121. The third kappa shape index (κ3) is 15.5. The normalized spacial score (nSPS) is 13.0. The van der Waals surface area contributed by atoms with E-state index >= 15 is 0 Å². The molecule has 1 aromatic carbocycles. The van der Waals surface area contributed by atoms with E-state index in [-0.39, 0.29) is 6.10 Å². The van der Waals surface area contributed by atoms with Gasteiger partial charge in [-0.05, 0) is 66.7 Å². The summed E-state index contributed by atoms with van der Waals surface area (Å²) >= 11 is 0. The van der Waals surface area contributed by atoms with Crippen molar-refractivity contribution in [3.8, 4) is 11.5 Å². The van der Waals surface area contributed by atoms with Gasteiger partial charge in [-0.2, -0.15) is 0 Å². The summed E-state index contributed by atoms with van der Waals surface area (Å²) in [6, 6.07) is 1.90. The molecular weight excluding hydrogens is 562 g/mol. The predicted octanol–water partition coefficient (Wildman–Crippen LogP) is 7.53. The molecule has 0 unspecified atom stereocenters. The summed E-state index contributed by atoms with van der Waals surface area (Å²) in [6.45, 7) is 27.3. The van der Waals surface area contributed by atoms with Gasteiger partial charge in [0, 0.05) is 12.0 Å². The molecule has 2 heterocycles. The van der Waals surface area contributed by atoms with E-state index in [2.05, 4.69) is 28.6 Å². The number of carbonyl (C=O) groups excluding carboxylic acids is 1. The molecule has 0 aliphatic carbocycles. The van der Waals surface area contributed by atoms with E-state index in [9.17, 15) is 0 Å². The molecule has 1 N–H and O–H groups in total. The minimum absolute atomic E-state index is 0.230. The Kier molecular flexibility index (Phi) is 21.5. The van der Waals surface area contributed by atoms with Crippen LogP contribution in [0.1, 0.15) is 72.9 Å². The minimum Gasteiger partial charge on any atom is -0.493 e. The zero-order valence-electron chi connectivity index (χ0n) is 28.4. The number of aldehydes is 1. The van der Waals surface area contributed by atoms with Crippen molar-refractivity contribution in [1.29, 1.82) is 0 Å². The standard InChI is InChI=1S/C24H32N2O5.C6H11NO.C2H4O.C2H6/c1-6-18(9-8-16(2)3)31-24-20-12-21(27-5)23(17(4)22(20)25-15-26-24)30-11-7-10-29-19-13-28-14-19;1-5(2)7-8-6(3)4;1-2-3;1-2/h6,8-9,12,19,25H,1,7,10-11,13-15H2,2-5H3;3H2,1-2,4H3;2H,1H3;1-2H3/b18-9+;;;. The van der Waals surface area contributed by atoms with Gasteiger partial charge in [0.1, 0.15) is 30.6 Å². The lowest BCUT2D eigenvalue weighted by atomic mass is 10.0. The first kappa shape index (κ1) is 40.1. The highest BCUT2D eigenvalue weighted by atomic mass is 16.6. The minimum atomic E-state index is 0.230. The highest BCUT2D eigenvalue weighted by Gasteiger charge is 2.24. The zero-order chi connectivity index (χ0) is 33.5. The lowest BCUT2D eigenvalue weighted by Gasteiger charge is -2.26. The Labute approximate surface area is 264 Å². The molecule has 1 aromatic rings. The van der Waals surface area contributed by atoms with Crippen LogP contribution in [-0.4, -0.2) is 64.2 Å². The Morgan fingerprint density at radius 3 is 2.30 bits per heavy atom. The van der Waals surface area contributed by atoms with Crippen molar-refractivity contribution in [2.45, 2.75) is 74.8 Å². The van der Waals surface area contributed by atoms with Crippen molar-refractivity contribution in [3.63, 3.8) is 0 Å².